The van der Waals surface area contributed by atoms with Gasteiger partial charge in [-0.2, -0.15) is 0 Å². The number of nitrogens with zero attached hydrogens (tertiary/aromatic N) is 2. The van der Waals surface area contributed by atoms with E-state index in [1.54, 1.807) is 0 Å². The molecule has 0 aromatic rings. The summed E-state index contributed by atoms with van der Waals surface area (Å²) in [4.78, 5) is 4.95. The summed E-state index contributed by atoms with van der Waals surface area (Å²) in [6, 6.07) is 0.694. The number of rotatable bonds is 2. The summed E-state index contributed by atoms with van der Waals surface area (Å²) in [5.74, 6) is 6.06. The molecule has 0 atom stereocenters. The molecule has 0 N–H and O–H groups in total. The van der Waals surface area contributed by atoms with Gasteiger partial charge in [0.15, 0.2) is 0 Å². The van der Waals surface area contributed by atoms with Crippen LogP contribution in [0.25, 0.3) is 0 Å². The van der Waals surface area contributed by atoms with Crippen LogP contribution in [0.15, 0.2) is 0 Å². The SMILES string of the molecule is CC#CCN1CCN(C(C)C)CC1. The molecule has 1 rings (SSSR count). The molecule has 0 amide bonds. The van der Waals surface area contributed by atoms with Gasteiger partial charge in [-0.15, -0.1) is 5.92 Å². The Morgan fingerprint density at radius 2 is 1.77 bits per heavy atom. The fourth-order valence-corrected chi connectivity index (χ4v) is 1.63. The highest BCUT2D eigenvalue weighted by molar-refractivity contribution is 4.98. The third-order valence-electron chi connectivity index (χ3n) is 2.62. The van der Waals surface area contributed by atoms with Crippen LogP contribution in [0.1, 0.15) is 20.8 Å². The topological polar surface area (TPSA) is 6.48 Å². The molecule has 1 heterocycles. The minimum atomic E-state index is 0.694. The molecule has 0 bridgehead atoms. The van der Waals surface area contributed by atoms with Crippen molar-refractivity contribution < 1.29 is 0 Å². The summed E-state index contributed by atoms with van der Waals surface area (Å²) in [6.45, 7) is 12.1. The summed E-state index contributed by atoms with van der Waals surface area (Å²) in [6.07, 6.45) is 0. The minimum Gasteiger partial charge on any atom is -0.298 e. The smallest absolute Gasteiger partial charge is 0.0602 e. The first-order valence-electron chi connectivity index (χ1n) is 5.10. The van der Waals surface area contributed by atoms with E-state index in [1.165, 1.54) is 26.2 Å². The summed E-state index contributed by atoms with van der Waals surface area (Å²) in [5.41, 5.74) is 0. The van der Waals surface area contributed by atoms with Crippen molar-refractivity contribution in [2.75, 3.05) is 32.7 Å². The van der Waals surface area contributed by atoms with Crippen LogP contribution in [-0.4, -0.2) is 48.6 Å². The molecule has 0 saturated carbocycles. The molecule has 1 fully saturated rings. The fraction of sp³-hybridized carbons (Fsp3) is 0.818. The lowest BCUT2D eigenvalue weighted by Gasteiger charge is -2.36. The van der Waals surface area contributed by atoms with Crippen molar-refractivity contribution in [1.29, 1.82) is 0 Å². The number of piperazine rings is 1. The molecule has 0 spiro atoms. The normalized spacial score (nSPS) is 20.0. The second kappa shape index (κ2) is 5.26. The first-order valence-corrected chi connectivity index (χ1v) is 5.10. The highest BCUT2D eigenvalue weighted by Gasteiger charge is 2.17. The Hall–Kier alpha value is -0.520. The van der Waals surface area contributed by atoms with Crippen molar-refractivity contribution in [3.8, 4) is 11.8 Å². The molecular weight excluding hydrogens is 160 g/mol. The van der Waals surface area contributed by atoms with E-state index in [9.17, 15) is 0 Å². The maximum absolute atomic E-state index is 3.12. The van der Waals surface area contributed by atoms with Gasteiger partial charge in [0.2, 0.25) is 0 Å². The third-order valence-corrected chi connectivity index (χ3v) is 2.62. The van der Waals surface area contributed by atoms with Crippen molar-refractivity contribution in [1.82, 2.24) is 9.80 Å². The van der Waals surface area contributed by atoms with Gasteiger partial charge in [0.05, 0.1) is 6.54 Å². The number of hydrogen-bond donors (Lipinski definition) is 0. The van der Waals surface area contributed by atoms with Crippen LogP contribution in [0.4, 0.5) is 0 Å². The third kappa shape index (κ3) is 3.38. The standard InChI is InChI=1S/C11H20N2/c1-4-5-6-12-7-9-13(10-8-12)11(2)3/h11H,6-10H2,1-3H3. The van der Waals surface area contributed by atoms with Gasteiger partial charge < -0.3 is 0 Å². The molecule has 2 nitrogen and oxygen atoms in total. The number of hydrogen-bond acceptors (Lipinski definition) is 2. The van der Waals surface area contributed by atoms with Gasteiger partial charge in [-0.05, 0) is 20.8 Å². The minimum absolute atomic E-state index is 0.694. The van der Waals surface area contributed by atoms with Crippen LogP contribution >= 0.6 is 0 Å². The lowest BCUT2D eigenvalue weighted by molar-refractivity contribution is 0.118. The quantitative estimate of drug-likeness (QED) is 0.586. The average Bonchev–Trinajstić information content (AvgIpc) is 2.15. The van der Waals surface area contributed by atoms with Gasteiger partial charge in [-0.3, -0.25) is 9.80 Å². The molecule has 13 heavy (non-hydrogen) atoms. The predicted octanol–water partition coefficient (Wildman–Crippen LogP) is 1.04. The first kappa shape index (κ1) is 10.6. The molecule has 0 aliphatic carbocycles. The summed E-state index contributed by atoms with van der Waals surface area (Å²) >= 11 is 0. The Bertz CT molecular complexity index is 192. The monoisotopic (exact) mass is 180 g/mol. The molecule has 0 aromatic carbocycles. The highest BCUT2D eigenvalue weighted by atomic mass is 15.3. The summed E-state index contributed by atoms with van der Waals surface area (Å²) < 4.78 is 0. The molecule has 0 radical (unpaired) electrons. The van der Waals surface area contributed by atoms with E-state index in [2.05, 4.69) is 35.5 Å². The Balaban J connectivity index is 2.25. The van der Waals surface area contributed by atoms with E-state index in [1.807, 2.05) is 6.92 Å². The van der Waals surface area contributed by atoms with Gasteiger partial charge in [0.25, 0.3) is 0 Å². The molecular formula is C11H20N2. The van der Waals surface area contributed by atoms with E-state index < -0.39 is 0 Å². The highest BCUT2D eigenvalue weighted by Crippen LogP contribution is 2.04. The second-order valence-corrected chi connectivity index (χ2v) is 3.83. The lowest BCUT2D eigenvalue weighted by atomic mass is 10.2. The van der Waals surface area contributed by atoms with Gasteiger partial charge in [0, 0.05) is 32.2 Å². The molecule has 1 saturated heterocycles. The zero-order chi connectivity index (χ0) is 9.68. The summed E-state index contributed by atoms with van der Waals surface area (Å²) in [7, 11) is 0. The van der Waals surface area contributed by atoms with Crippen LogP contribution in [-0.2, 0) is 0 Å². The van der Waals surface area contributed by atoms with E-state index in [0.717, 1.165) is 6.54 Å². The van der Waals surface area contributed by atoms with Crippen molar-refractivity contribution in [2.45, 2.75) is 26.8 Å². The van der Waals surface area contributed by atoms with Crippen molar-refractivity contribution in [2.24, 2.45) is 0 Å². The maximum Gasteiger partial charge on any atom is 0.0602 e. The predicted molar refractivity (Wildman–Crippen MR) is 56.6 cm³/mol. The van der Waals surface area contributed by atoms with E-state index in [4.69, 9.17) is 0 Å². The van der Waals surface area contributed by atoms with E-state index in [0.29, 0.717) is 6.04 Å². The van der Waals surface area contributed by atoms with Crippen LogP contribution in [0.3, 0.4) is 0 Å². The second-order valence-electron chi connectivity index (χ2n) is 3.83. The molecule has 0 unspecified atom stereocenters. The summed E-state index contributed by atoms with van der Waals surface area (Å²) in [5, 5.41) is 0. The van der Waals surface area contributed by atoms with E-state index >= 15 is 0 Å². The average molecular weight is 180 g/mol. The van der Waals surface area contributed by atoms with Crippen LogP contribution < -0.4 is 0 Å². The molecule has 1 aliphatic rings. The lowest BCUT2D eigenvalue weighted by Crippen LogP contribution is -2.48. The van der Waals surface area contributed by atoms with Gasteiger partial charge in [0.1, 0.15) is 0 Å². The Morgan fingerprint density at radius 1 is 1.15 bits per heavy atom. The van der Waals surface area contributed by atoms with Crippen LogP contribution in [0.2, 0.25) is 0 Å². The van der Waals surface area contributed by atoms with Crippen molar-refractivity contribution >= 4 is 0 Å². The molecule has 74 valence electrons. The van der Waals surface area contributed by atoms with Crippen molar-refractivity contribution in [3.63, 3.8) is 0 Å². The zero-order valence-electron chi connectivity index (χ0n) is 9.01. The molecule has 2 heteroatoms. The van der Waals surface area contributed by atoms with Crippen molar-refractivity contribution in [3.05, 3.63) is 0 Å². The Kier molecular flexibility index (Phi) is 4.27. The van der Waals surface area contributed by atoms with Crippen LogP contribution in [0, 0.1) is 11.8 Å². The Labute approximate surface area is 81.9 Å². The molecule has 1 aliphatic heterocycles. The fourth-order valence-electron chi connectivity index (χ4n) is 1.63. The van der Waals surface area contributed by atoms with Gasteiger partial charge in [-0.25, -0.2) is 0 Å². The van der Waals surface area contributed by atoms with Gasteiger partial charge in [-0.1, -0.05) is 5.92 Å². The first-order chi connectivity index (χ1) is 6.24. The van der Waals surface area contributed by atoms with Crippen LogP contribution in [0.5, 0.6) is 0 Å². The Morgan fingerprint density at radius 3 is 2.23 bits per heavy atom. The largest absolute Gasteiger partial charge is 0.298 e. The zero-order valence-corrected chi connectivity index (χ0v) is 9.01. The van der Waals surface area contributed by atoms with E-state index in [-0.39, 0.29) is 0 Å². The molecule has 0 aromatic heterocycles. The maximum atomic E-state index is 3.12. The van der Waals surface area contributed by atoms with Gasteiger partial charge >= 0.3 is 0 Å².